The van der Waals surface area contributed by atoms with Gasteiger partial charge < -0.3 is 5.73 Å². The highest BCUT2D eigenvalue weighted by Gasteiger charge is 2.04. The second kappa shape index (κ2) is 5.15. The molecule has 0 heterocycles. The van der Waals surface area contributed by atoms with E-state index in [1.165, 1.54) is 0 Å². The van der Waals surface area contributed by atoms with Crippen LogP contribution in [0.1, 0.15) is 20.3 Å². The Bertz CT molecular complexity index is 323. The van der Waals surface area contributed by atoms with Crippen LogP contribution in [-0.4, -0.2) is 9.96 Å². The number of rotatable bonds is 4. The highest BCUT2D eigenvalue weighted by Crippen LogP contribution is 2.13. The Labute approximate surface area is 88.0 Å². The van der Waals surface area contributed by atoms with Crippen molar-refractivity contribution in [2.75, 3.05) is 11.5 Å². The van der Waals surface area contributed by atoms with Gasteiger partial charge in [-0.05, 0) is 30.5 Å². The van der Waals surface area contributed by atoms with E-state index in [2.05, 4.69) is 13.8 Å². The summed E-state index contributed by atoms with van der Waals surface area (Å²) in [6, 6.07) is 7.31. The van der Waals surface area contributed by atoms with E-state index in [4.69, 9.17) is 5.73 Å². The van der Waals surface area contributed by atoms with Crippen molar-refractivity contribution >= 4 is 16.5 Å². The van der Waals surface area contributed by atoms with Gasteiger partial charge in [-0.2, -0.15) is 0 Å². The van der Waals surface area contributed by atoms with E-state index in [1.807, 2.05) is 18.2 Å². The molecule has 1 rings (SSSR count). The molecule has 0 saturated heterocycles. The predicted molar refractivity (Wildman–Crippen MR) is 61.6 cm³/mol. The standard InChI is InChI=1S/C11H17NOS/c1-9(2)6-7-14(13)11-5-3-4-10(12)8-11/h3-5,8-9H,6-7,12H2,1-2H3. The maximum atomic E-state index is 11.8. The van der Waals surface area contributed by atoms with E-state index < -0.39 is 10.8 Å². The lowest BCUT2D eigenvalue weighted by Gasteiger charge is -2.05. The fraction of sp³-hybridized carbons (Fsp3) is 0.455. The van der Waals surface area contributed by atoms with E-state index in [9.17, 15) is 4.21 Å². The van der Waals surface area contributed by atoms with Crippen molar-refractivity contribution in [3.8, 4) is 0 Å². The second-order valence-corrected chi connectivity index (χ2v) is 5.38. The van der Waals surface area contributed by atoms with Crippen LogP contribution >= 0.6 is 0 Å². The highest BCUT2D eigenvalue weighted by molar-refractivity contribution is 7.85. The van der Waals surface area contributed by atoms with Gasteiger partial charge in [-0.1, -0.05) is 19.9 Å². The van der Waals surface area contributed by atoms with Gasteiger partial charge in [-0.3, -0.25) is 4.21 Å². The van der Waals surface area contributed by atoms with Crippen LogP contribution in [0, 0.1) is 5.92 Å². The normalized spacial score (nSPS) is 13.1. The van der Waals surface area contributed by atoms with E-state index in [0.29, 0.717) is 11.6 Å². The summed E-state index contributed by atoms with van der Waals surface area (Å²) in [5.41, 5.74) is 6.30. The van der Waals surface area contributed by atoms with Gasteiger partial charge in [-0.15, -0.1) is 0 Å². The molecule has 0 aliphatic heterocycles. The molecule has 1 aromatic carbocycles. The van der Waals surface area contributed by atoms with Gasteiger partial charge >= 0.3 is 0 Å². The monoisotopic (exact) mass is 211 g/mol. The Balaban J connectivity index is 2.61. The summed E-state index contributed by atoms with van der Waals surface area (Å²) in [7, 11) is -0.894. The van der Waals surface area contributed by atoms with Crippen molar-refractivity contribution in [3.05, 3.63) is 24.3 Å². The van der Waals surface area contributed by atoms with Crippen LogP contribution in [-0.2, 0) is 10.8 Å². The van der Waals surface area contributed by atoms with E-state index >= 15 is 0 Å². The van der Waals surface area contributed by atoms with Crippen LogP contribution in [0.15, 0.2) is 29.2 Å². The van der Waals surface area contributed by atoms with Crippen molar-refractivity contribution in [3.63, 3.8) is 0 Å². The third-order valence-electron chi connectivity index (χ3n) is 2.00. The zero-order chi connectivity index (χ0) is 10.6. The predicted octanol–water partition coefficient (Wildman–Crippen LogP) is 2.42. The summed E-state index contributed by atoms with van der Waals surface area (Å²) < 4.78 is 11.8. The van der Waals surface area contributed by atoms with Crippen LogP contribution < -0.4 is 5.73 Å². The van der Waals surface area contributed by atoms with E-state index in [1.54, 1.807) is 6.07 Å². The van der Waals surface area contributed by atoms with Crippen LogP contribution in [0.3, 0.4) is 0 Å². The quantitative estimate of drug-likeness (QED) is 0.777. The fourth-order valence-electron chi connectivity index (χ4n) is 1.12. The average molecular weight is 211 g/mol. The molecular weight excluding hydrogens is 194 g/mol. The molecule has 0 aliphatic carbocycles. The summed E-state index contributed by atoms with van der Waals surface area (Å²) in [5.74, 6) is 1.32. The van der Waals surface area contributed by atoms with Crippen molar-refractivity contribution in [2.24, 2.45) is 5.92 Å². The number of benzene rings is 1. The maximum Gasteiger partial charge on any atom is 0.0530 e. The molecule has 78 valence electrons. The number of anilines is 1. The summed E-state index contributed by atoms with van der Waals surface area (Å²) in [5, 5.41) is 0. The minimum Gasteiger partial charge on any atom is -0.399 e. The SMILES string of the molecule is CC(C)CCS(=O)c1cccc(N)c1. The second-order valence-electron chi connectivity index (χ2n) is 3.80. The first-order valence-corrected chi connectivity index (χ1v) is 6.15. The Kier molecular flexibility index (Phi) is 4.14. The number of nitrogens with two attached hydrogens (primary N) is 1. The van der Waals surface area contributed by atoms with Gasteiger partial charge in [0.25, 0.3) is 0 Å². The first kappa shape index (κ1) is 11.2. The van der Waals surface area contributed by atoms with Crippen LogP contribution in [0.2, 0.25) is 0 Å². The third kappa shape index (κ3) is 3.50. The topological polar surface area (TPSA) is 43.1 Å². The Hall–Kier alpha value is -0.830. The lowest BCUT2D eigenvalue weighted by atomic mass is 10.2. The summed E-state index contributed by atoms with van der Waals surface area (Å²) >= 11 is 0. The van der Waals surface area contributed by atoms with Crippen LogP contribution in [0.5, 0.6) is 0 Å². The highest BCUT2D eigenvalue weighted by atomic mass is 32.2. The molecule has 0 bridgehead atoms. The van der Waals surface area contributed by atoms with Gasteiger partial charge in [0, 0.05) is 16.3 Å². The van der Waals surface area contributed by atoms with Crippen molar-refractivity contribution < 1.29 is 4.21 Å². The van der Waals surface area contributed by atoms with Crippen LogP contribution in [0.4, 0.5) is 5.69 Å². The molecule has 0 amide bonds. The molecule has 1 atom stereocenters. The minimum absolute atomic E-state index is 0.597. The molecule has 0 spiro atoms. The molecule has 0 saturated carbocycles. The largest absolute Gasteiger partial charge is 0.399 e. The molecule has 3 heteroatoms. The maximum absolute atomic E-state index is 11.8. The molecule has 0 radical (unpaired) electrons. The Morgan fingerprint density at radius 2 is 2.14 bits per heavy atom. The first-order valence-electron chi connectivity index (χ1n) is 4.83. The third-order valence-corrected chi connectivity index (χ3v) is 3.39. The number of nitrogen functional groups attached to an aromatic ring is 1. The van der Waals surface area contributed by atoms with E-state index in [-0.39, 0.29) is 0 Å². The molecule has 0 aromatic heterocycles. The molecule has 14 heavy (non-hydrogen) atoms. The molecule has 1 aromatic rings. The fourth-order valence-corrected chi connectivity index (χ4v) is 2.54. The van der Waals surface area contributed by atoms with Gasteiger partial charge in [-0.25, -0.2) is 0 Å². The number of hydrogen-bond donors (Lipinski definition) is 1. The van der Waals surface area contributed by atoms with Crippen molar-refractivity contribution in [1.29, 1.82) is 0 Å². The van der Waals surface area contributed by atoms with E-state index in [0.717, 1.165) is 17.1 Å². The van der Waals surface area contributed by atoms with Crippen molar-refractivity contribution in [1.82, 2.24) is 0 Å². The lowest BCUT2D eigenvalue weighted by Crippen LogP contribution is -2.02. The van der Waals surface area contributed by atoms with Gasteiger partial charge in [0.15, 0.2) is 0 Å². The first-order chi connectivity index (χ1) is 6.59. The average Bonchev–Trinajstić information content (AvgIpc) is 2.14. The van der Waals surface area contributed by atoms with Gasteiger partial charge in [0.2, 0.25) is 0 Å². The van der Waals surface area contributed by atoms with Crippen molar-refractivity contribution in [2.45, 2.75) is 25.2 Å². The molecule has 0 fully saturated rings. The summed E-state index contributed by atoms with van der Waals surface area (Å²) in [6.07, 6.45) is 0.988. The van der Waals surface area contributed by atoms with Gasteiger partial charge in [0.1, 0.15) is 0 Å². The van der Waals surface area contributed by atoms with Gasteiger partial charge in [0.05, 0.1) is 10.8 Å². The molecule has 2 nitrogen and oxygen atoms in total. The molecular formula is C11H17NOS. The summed E-state index contributed by atoms with van der Waals surface area (Å²) in [4.78, 5) is 0.839. The Morgan fingerprint density at radius 1 is 1.43 bits per heavy atom. The molecule has 1 unspecified atom stereocenters. The summed E-state index contributed by atoms with van der Waals surface area (Å²) in [6.45, 7) is 4.27. The lowest BCUT2D eigenvalue weighted by molar-refractivity contribution is 0.619. The molecule has 0 aliphatic rings. The smallest absolute Gasteiger partial charge is 0.0530 e. The van der Waals surface area contributed by atoms with Crippen LogP contribution in [0.25, 0.3) is 0 Å². The molecule has 2 N–H and O–H groups in total. The zero-order valence-corrected chi connectivity index (χ0v) is 9.51. The zero-order valence-electron chi connectivity index (χ0n) is 8.69. The minimum atomic E-state index is -0.894. The number of hydrogen-bond acceptors (Lipinski definition) is 2. The Morgan fingerprint density at radius 3 is 2.71 bits per heavy atom.